The molecule has 1 aliphatic heterocycles. The highest BCUT2D eigenvalue weighted by Gasteiger charge is 2.17. The van der Waals surface area contributed by atoms with Crippen molar-refractivity contribution in [3.05, 3.63) is 29.3 Å². The number of carbonyl (C=O) groups is 2. The van der Waals surface area contributed by atoms with Crippen LogP contribution in [0.1, 0.15) is 35.7 Å². The molecule has 1 aliphatic rings. The lowest BCUT2D eigenvalue weighted by atomic mass is 10.00. The van der Waals surface area contributed by atoms with Crippen LogP contribution >= 0.6 is 0 Å². The zero-order valence-corrected chi connectivity index (χ0v) is 13.1. The van der Waals surface area contributed by atoms with E-state index in [1.807, 2.05) is 13.0 Å². The number of hydrogen-bond donors (Lipinski definition) is 2. The molecular formula is C15H20N2O3S. The predicted octanol–water partition coefficient (Wildman–Crippen LogP) is 1.46. The van der Waals surface area contributed by atoms with Crippen LogP contribution in [0.4, 0.5) is 5.69 Å². The third kappa shape index (κ3) is 4.39. The summed E-state index contributed by atoms with van der Waals surface area (Å²) < 4.78 is 11.1. The highest BCUT2D eigenvalue weighted by atomic mass is 32.2. The van der Waals surface area contributed by atoms with Crippen LogP contribution in [0.25, 0.3) is 0 Å². The fourth-order valence-electron chi connectivity index (χ4n) is 2.25. The van der Waals surface area contributed by atoms with Gasteiger partial charge in [0.2, 0.25) is 5.91 Å². The van der Waals surface area contributed by atoms with Gasteiger partial charge in [0.05, 0.1) is 0 Å². The second-order valence-corrected chi connectivity index (χ2v) is 6.92. The third-order valence-corrected chi connectivity index (χ3v) is 4.29. The van der Waals surface area contributed by atoms with Gasteiger partial charge in [-0.05, 0) is 43.5 Å². The van der Waals surface area contributed by atoms with Gasteiger partial charge < -0.3 is 10.6 Å². The van der Waals surface area contributed by atoms with Crippen LogP contribution in [-0.2, 0) is 22.0 Å². The Labute approximate surface area is 127 Å². The van der Waals surface area contributed by atoms with Crippen molar-refractivity contribution in [3.63, 3.8) is 0 Å². The molecule has 2 atom stereocenters. The molecule has 21 heavy (non-hydrogen) atoms. The molecule has 1 aromatic rings. The standard InChI is InChI=1S/C15H20N2O3S/c1-10(7-8-21(2)20)16-15(19)12-3-5-13-11(9-12)4-6-14(18)17-13/h3,5,9-10H,4,6-8H2,1-2H3,(H,16,19)(H,17,18). The van der Waals surface area contributed by atoms with Crippen LogP contribution in [0.3, 0.4) is 0 Å². The number of carbonyl (C=O) groups excluding carboxylic acids is 2. The molecule has 2 unspecified atom stereocenters. The molecule has 0 saturated heterocycles. The lowest BCUT2D eigenvalue weighted by Crippen LogP contribution is -2.33. The van der Waals surface area contributed by atoms with Gasteiger partial charge in [-0.3, -0.25) is 13.8 Å². The Morgan fingerprint density at radius 1 is 1.43 bits per heavy atom. The number of benzene rings is 1. The summed E-state index contributed by atoms with van der Waals surface area (Å²) in [6.07, 6.45) is 3.46. The van der Waals surface area contributed by atoms with Crippen molar-refractivity contribution >= 4 is 28.3 Å². The second-order valence-electron chi connectivity index (χ2n) is 5.36. The van der Waals surface area contributed by atoms with E-state index in [1.165, 1.54) is 0 Å². The van der Waals surface area contributed by atoms with E-state index in [0.717, 1.165) is 11.3 Å². The van der Waals surface area contributed by atoms with Crippen molar-refractivity contribution in [1.29, 1.82) is 0 Å². The van der Waals surface area contributed by atoms with Crippen molar-refractivity contribution in [1.82, 2.24) is 5.32 Å². The van der Waals surface area contributed by atoms with E-state index in [-0.39, 0.29) is 17.9 Å². The van der Waals surface area contributed by atoms with E-state index in [2.05, 4.69) is 10.6 Å². The van der Waals surface area contributed by atoms with Crippen LogP contribution in [0.15, 0.2) is 18.2 Å². The lowest BCUT2D eigenvalue weighted by molar-refractivity contribution is -0.116. The SMILES string of the molecule is CC(CCS(C)=O)NC(=O)c1ccc2c(c1)CCC(=O)N2. The number of amides is 2. The first kappa shape index (κ1) is 15.7. The van der Waals surface area contributed by atoms with Gasteiger partial charge in [0.15, 0.2) is 0 Å². The minimum absolute atomic E-state index is 0.0147. The molecule has 1 heterocycles. The maximum Gasteiger partial charge on any atom is 0.251 e. The average molecular weight is 308 g/mol. The Balaban J connectivity index is 2.00. The maximum absolute atomic E-state index is 12.2. The summed E-state index contributed by atoms with van der Waals surface area (Å²) in [6, 6.07) is 5.30. The van der Waals surface area contributed by atoms with Crippen molar-refractivity contribution in [2.75, 3.05) is 17.3 Å². The summed E-state index contributed by atoms with van der Waals surface area (Å²) in [4.78, 5) is 23.5. The van der Waals surface area contributed by atoms with Crippen molar-refractivity contribution < 1.29 is 13.8 Å². The van der Waals surface area contributed by atoms with E-state index < -0.39 is 10.8 Å². The number of nitrogens with one attached hydrogen (secondary N) is 2. The molecule has 114 valence electrons. The van der Waals surface area contributed by atoms with Gasteiger partial charge in [-0.1, -0.05) is 0 Å². The molecule has 0 fully saturated rings. The molecule has 0 aromatic heterocycles. The molecule has 1 aromatic carbocycles. The molecule has 0 radical (unpaired) electrons. The molecule has 2 N–H and O–H groups in total. The average Bonchev–Trinajstić information content (AvgIpc) is 2.44. The van der Waals surface area contributed by atoms with Gasteiger partial charge in [0, 0.05) is 46.5 Å². The first-order chi connectivity index (χ1) is 9.95. The topological polar surface area (TPSA) is 75.3 Å². The molecule has 2 rings (SSSR count). The van der Waals surface area contributed by atoms with Crippen molar-refractivity contribution in [2.24, 2.45) is 0 Å². The fraction of sp³-hybridized carbons (Fsp3) is 0.467. The summed E-state index contributed by atoms with van der Waals surface area (Å²) in [5.41, 5.74) is 2.37. The first-order valence-electron chi connectivity index (χ1n) is 6.99. The quantitative estimate of drug-likeness (QED) is 0.864. The van der Waals surface area contributed by atoms with E-state index >= 15 is 0 Å². The smallest absolute Gasteiger partial charge is 0.251 e. The zero-order valence-electron chi connectivity index (χ0n) is 12.3. The maximum atomic E-state index is 12.2. The number of aryl methyl sites for hydroxylation is 1. The molecule has 2 amide bonds. The zero-order chi connectivity index (χ0) is 15.4. The Kier molecular flexibility index (Phi) is 5.12. The third-order valence-electron chi connectivity index (χ3n) is 3.48. The molecule has 5 nitrogen and oxygen atoms in total. The largest absolute Gasteiger partial charge is 0.350 e. The number of anilines is 1. The number of rotatable bonds is 5. The summed E-state index contributed by atoms with van der Waals surface area (Å²) in [6.45, 7) is 1.91. The van der Waals surface area contributed by atoms with Gasteiger partial charge in [0.1, 0.15) is 0 Å². The summed E-state index contributed by atoms with van der Waals surface area (Å²) in [5.74, 6) is 0.461. The summed E-state index contributed by atoms with van der Waals surface area (Å²) in [7, 11) is -0.842. The van der Waals surface area contributed by atoms with E-state index in [4.69, 9.17) is 0 Å². The molecular weight excluding hydrogens is 288 g/mol. The minimum atomic E-state index is -0.842. The number of hydrogen-bond acceptors (Lipinski definition) is 3. The van der Waals surface area contributed by atoms with Crippen LogP contribution in [-0.4, -0.2) is 34.1 Å². The molecule has 0 saturated carbocycles. The number of fused-ring (bicyclic) bond motifs is 1. The molecule has 6 heteroatoms. The van der Waals surface area contributed by atoms with Crippen molar-refractivity contribution in [3.8, 4) is 0 Å². The summed E-state index contributed by atoms with van der Waals surface area (Å²) >= 11 is 0. The van der Waals surface area contributed by atoms with E-state index in [9.17, 15) is 13.8 Å². The van der Waals surface area contributed by atoms with Gasteiger partial charge in [-0.25, -0.2) is 0 Å². The molecule has 0 aliphatic carbocycles. The van der Waals surface area contributed by atoms with E-state index in [1.54, 1.807) is 18.4 Å². The normalized spacial score (nSPS) is 16.6. The van der Waals surface area contributed by atoms with Crippen LogP contribution in [0.2, 0.25) is 0 Å². The van der Waals surface area contributed by atoms with Crippen LogP contribution in [0.5, 0.6) is 0 Å². The van der Waals surface area contributed by atoms with Gasteiger partial charge in [0.25, 0.3) is 5.91 Å². The Morgan fingerprint density at radius 2 is 2.19 bits per heavy atom. The van der Waals surface area contributed by atoms with Gasteiger partial charge >= 0.3 is 0 Å². The van der Waals surface area contributed by atoms with E-state index in [0.29, 0.717) is 30.6 Å². The second kappa shape index (κ2) is 6.85. The Bertz CT molecular complexity index is 586. The van der Waals surface area contributed by atoms with Crippen molar-refractivity contribution in [2.45, 2.75) is 32.2 Å². The predicted molar refractivity (Wildman–Crippen MR) is 83.9 cm³/mol. The van der Waals surface area contributed by atoms with Gasteiger partial charge in [-0.15, -0.1) is 0 Å². The Morgan fingerprint density at radius 3 is 2.90 bits per heavy atom. The highest BCUT2D eigenvalue weighted by molar-refractivity contribution is 7.84. The Hall–Kier alpha value is -1.69. The summed E-state index contributed by atoms with van der Waals surface area (Å²) in [5, 5.41) is 5.70. The fourth-order valence-corrected chi connectivity index (χ4v) is 2.93. The highest BCUT2D eigenvalue weighted by Crippen LogP contribution is 2.23. The lowest BCUT2D eigenvalue weighted by Gasteiger charge is -2.18. The monoisotopic (exact) mass is 308 g/mol. The first-order valence-corrected chi connectivity index (χ1v) is 8.72. The minimum Gasteiger partial charge on any atom is -0.350 e. The van der Waals surface area contributed by atoms with Crippen LogP contribution in [0, 0.1) is 0 Å². The van der Waals surface area contributed by atoms with Crippen LogP contribution < -0.4 is 10.6 Å². The van der Waals surface area contributed by atoms with Gasteiger partial charge in [-0.2, -0.15) is 0 Å². The molecule has 0 spiro atoms. The molecule has 0 bridgehead atoms.